The quantitative estimate of drug-likeness (QED) is 0.476. The van der Waals surface area contributed by atoms with Crippen LogP contribution in [0.4, 0.5) is 5.82 Å². The van der Waals surface area contributed by atoms with Crippen molar-refractivity contribution in [2.24, 2.45) is 0 Å². The highest BCUT2D eigenvalue weighted by Gasteiger charge is 2.25. The van der Waals surface area contributed by atoms with Gasteiger partial charge in [-0.1, -0.05) is 29.8 Å². The Hall–Kier alpha value is -2.90. The molecule has 8 heteroatoms. The third kappa shape index (κ3) is 3.44. The van der Waals surface area contributed by atoms with Crippen molar-refractivity contribution < 1.29 is 4.79 Å². The Labute approximate surface area is 183 Å². The second kappa shape index (κ2) is 7.74. The number of aryl methyl sites for hydroxylation is 1. The SMILES string of the molecule is Cc1nn(-c2ccccc2)c2sc(C(=O)N3CCN(c4ccc(Cl)cn4)CC3)cc12. The standard InChI is InChI=1S/C22H20ClN5OS/c1-15-18-13-19(30-22(18)28(25-15)17-5-3-2-4-6-17)21(29)27-11-9-26(10-12-27)20-8-7-16(23)14-24-20/h2-8,13-14H,9-12H2,1H3. The third-order valence-corrected chi connectivity index (χ3v) is 6.68. The van der Waals surface area contributed by atoms with E-state index in [9.17, 15) is 4.79 Å². The van der Waals surface area contributed by atoms with Crippen LogP contribution in [0.3, 0.4) is 0 Å². The highest BCUT2D eigenvalue weighted by Crippen LogP contribution is 2.31. The number of halogens is 1. The van der Waals surface area contributed by atoms with E-state index in [1.807, 2.05) is 65.0 Å². The zero-order valence-electron chi connectivity index (χ0n) is 16.5. The molecule has 0 aliphatic carbocycles. The van der Waals surface area contributed by atoms with Gasteiger partial charge in [-0.2, -0.15) is 5.10 Å². The van der Waals surface area contributed by atoms with E-state index in [-0.39, 0.29) is 5.91 Å². The molecule has 0 spiro atoms. The number of hydrogen-bond acceptors (Lipinski definition) is 5. The maximum absolute atomic E-state index is 13.2. The van der Waals surface area contributed by atoms with Gasteiger partial charge in [-0.3, -0.25) is 4.79 Å². The molecule has 1 fully saturated rings. The predicted octanol–water partition coefficient (Wildman–Crippen LogP) is 4.41. The first-order valence-corrected chi connectivity index (χ1v) is 11.0. The lowest BCUT2D eigenvalue weighted by Crippen LogP contribution is -2.48. The number of piperazine rings is 1. The minimum Gasteiger partial charge on any atom is -0.353 e. The maximum Gasteiger partial charge on any atom is 0.264 e. The number of carbonyl (C=O) groups is 1. The Bertz CT molecular complexity index is 1190. The average molecular weight is 438 g/mol. The number of thiophene rings is 1. The number of pyridine rings is 1. The fourth-order valence-electron chi connectivity index (χ4n) is 3.75. The van der Waals surface area contributed by atoms with Gasteiger partial charge in [-0.25, -0.2) is 9.67 Å². The number of carbonyl (C=O) groups excluding carboxylic acids is 1. The Morgan fingerprint density at radius 3 is 2.53 bits per heavy atom. The molecule has 4 aromatic rings. The molecule has 1 aliphatic heterocycles. The summed E-state index contributed by atoms with van der Waals surface area (Å²) in [5.41, 5.74) is 1.93. The molecule has 1 amide bonds. The van der Waals surface area contributed by atoms with Gasteiger partial charge in [0.1, 0.15) is 10.6 Å². The second-order valence-electron chi connectivity index (χ2n) is 7.28. The number of rotatable bonds is 3. The van der Waals surface area contributed by atoms with Crippen LogP contribution in [0.5, 0.6) is 0 Å². The summed E-state index contributed by atoms with van der Waals surface area (Å²) in [4.78, 5) is 23.4. The van der Waals surface area contributed by atoms with Crippen molar-refractivity contribution in [3.63, 3.8) is 0 Å². The number of nitrogens with zero attached hydrogens (tertiary/aromatic N) is 5. The zero-order valence-corrected chi connectivity index (χ0v) is 18.0. The number of hydrogen-bond donors (Lipinski definition) is 0. The summed E-state index contributed by atoms with van der Waals surface area (Å²) in [7, 11) is 0. The second-order valence-corrected chi connectivity index (χ2v) is 8.74. The van der Waals surface area contributed by atoms with E-state index in [0.717, 1.165) is 45.4 Å². The number of anilines is 1. The summed E-state index contributed by atoms with van der Waals surface area (Å²) >= 11 is 7.44. The minimum absolute atomic E-state index is 0.0823. The Morgan fingerprint density at radius 1 is 1.07 bits per heavy atom. The van der Waals surface area contributed by atoms with Crippen LogP contribution in [0.2, 0.25) is 5.02 Å². The first-order valence-electron chi connectivity index (χ1n) is 9.80. The summed E-state index contributed by atoms with van der Waals surface area (Å²) in [6.07, 6.45) is 1.66. The van der Waals surface area contributed by atoms with Crippen LogP contribution in [-0.2, 0) is 0 Å². The number of amides is 1. The van der Waals surface area contributed by atoms with Gasteiger partial charge >= 0.3 is 0 Å². The highest BCUT2D eigenvalue weighted by atomic mass is 35.5. The van der Waals surface area contributed by atoms with Gasteiger partial charge in [0, 0.05) is 37.8 Å². The molecule has 0 bridgehead atoms. The fraction of sp³-hybridized carbons (Fsp3) is 0.227. The summed E-state index contributed by atoms with van der Waals surface area (Å²) < 4.78 is 1.93. The largest absolute Gasteiger partial charge is 0.353 e. The lowest BCUT2D eigenvalue weighted by atomic mass is 10.2. The molecule has 1 aliphatic rings. The fourth-order valence-corrected chi connectivity index (χ4v) is 5.01. The van der Waals surface area contributed by atoms with Crippen LogP contribution < -0.4 is 4.90 Å². The highest BCUT2D eigenvalue weighted by molar-refractivity contribution is 7.20. The van der Waals surface area contributed by atoms with Crippen molar-refractivity contribution in [3.05, 3.63) is 70.3 Å². The summed E-state index contributed by atoms with van der Waals surface area (Å²) in [6, 6.07) is 15.8. The van der Waals surface area contributed by atoms with Crippen molar-refractivity contribution in [3.8, 4) is 5.69 Å². The van der Waals surface area contributed by atoms with Gasteiger partial charge in [0.25, 0.3) is 5.91 Å². The topological polar surface area (TPSA) is 54.3 Å². The molecule has 3 aromatic heterocycles. The molecule has 0 saturated carbocycles. The lowest BCUT2D eigenvalue weighted by Gasteiger charge is -2.35. The smallest absolute Gasteiger partial charge is 0.264 e. The number of benzene rings is 1. The van der Waals surface area contributed by atoms with Crippen molar-refractivity contribution in [2.75, 3.05) is 31.1 Å². The third-order valence-electron chi connectivity index (χ3n) is 5.36. The molecule has 0 atom stereocenters. The zero-order chi connectivity index (χ0) is 20.7. The number of para-hydroxylation sites is 1. The molecule has 0 N–H and O–H groups in total. The minimum atomic E-state index is 0.0823. The van der Waals surface area contributed by atoms with Crippen LogP contribution in [0.15, 0.2) is 54.7 Å². The van der Waals surface area contributed by atoms with E-state index in [4.69, 9.17) is 11.6 Å². The van der Waals surface area contributed by atoms with Gasteiger partial charge < -0.3 is 9.80 Å². The van der Waals surface area contributed by atoms with Crippen molar-refractivity contribution >= 4 is 44.9 Å². The summed E-state index contributed by atoms with van der Waals surface area (Å²) in [5.74, 6) is 0.978. The van der Waals surface area contributed by atoms with E-state index in [1.165, 1.54) is 11.3 Å². The molecule has 1 aromatic carbocycles. The van der Waals surface area contributed by atoms with Crippen LogP contribution in [0, 0.1) is 6.92 Å². The normalized spacial score (nSPS) is 14.5. The van der Waals surface area contributed by atoms with Crippen LogP contribution in [-0.4, -0.2) is 51.8 Å². The van der Waals surface area contributed by atoms with Crippen LogP contribution in [0.1, 0.15) is 15.4 Å². The van der Waals surface area contributed by atoms with E-state index in [1.54, 1.807) is 6.20 Å². The van der Waals surface area contributed by atoms with Crippen LogP contribution in [0.25, 0.3) is 15.9 Å². The molecule has 0 unspecified atom stereocenters. The molecule has 5 rings (SSSR count). The molecule has 30 heavy (non-hydrogen) atoms. The monoisotopic (exact) mass is 437 g/mol. The first-order chi connectivity index (χ1) is 14.6. The van der Waals surface area contributed by atoms with Crippen molar-refractivity contribution in [1.82, 2.24) is 19.7 Å². The summed E-state index contributed by atoms with van der Waals surface area (Å²) in [6.45, 7) is 4.83. The summed E-state index contributed by atoms with van der Waals surface area (Å²) in [5, 5.41) is 6.33. The average Bonchev–Trinajstić information content (AvgIpc) is 3.35. The molecule has 4 heterocycles. The number of fused-ring (bicyclic) bond motifs is 1. The predicted molar refractivity (Wildman–Crippen MR) is 121 cm³/mol. The Kier molecular flexibility index (Phi) is 4.92. The van der Waals surface area contributed by atoms with Gasteiger partial charge in [0.15, 0.2) is 0 Å². The Morgan fingerprint density at radius 2 is 1.83 bits per heavy atom. The lowest BCUT2D eigenvalue weighted by molar-refractivity contribution is 0.0751. The maximum atomic E-state index is 13.2. The van der Waals surface area contributed by atoms with Gasteiger partial charge in [0.2, 0.25) is 0 Å². The van der Waals surface area contributed by atoms with Crippen LogP contribution >= 0.6 is 22.9 Å². The molecule has 6 nitrogen and oxygen atoms in total. The van der Waals surface area contributed by atoms with Gasteiger partial charge in [-0.15, -0.1) is 11.3 Å². The molecular formula is C22H20ClN5OS. The van der Waals surface area contributed by atoms with E-state index < -0.39 is 0 Å². The van der Waals surface area contributed by atoms with Gasteiger partial charge in [-0.05, 0) is 37.3 Å². The molecule has 152 valence electrons. The van der Waals surface area contributed by atoms with E-state index >= 15 is 0 Å². The molecule has 0 radical (unpaired) electrons. The van der Waals surface area contributed by atoms with E-state index in [0.29, 0.717) is 18.1 Å². The van der Waals surface area contributed by atoms with Crippen molar-refractivity contribution in [2.45, 2.75) is 6.92 Å². The molecule has 1 saturated heterocycles. The number of aromatic nitrogens is 3. The molecular weight excluding hydrogens is 418 g/mol. The van der Waals surface area contributed by atoms with Gasteiger partial charge in [0.05, 0.1) is 21.3 Å². The van der Waals surface area contributed by atoms with E-state index in [2.05, 4.69) is 15.0 Å². The van der Waals surface area contributed by atoms with Crippen molar-refractivity contribution in [1.29, 1.82) is 0 Å². The first kappa shape index (κ1) is 19.1. The Balaban J connectivity index is 1.35.